The second kappa shape index (κ2) is 4.93. The van der Waals surface area contributed by atoms with E-state index < -0.39 is 0 Å². The van der Waals surface area contributed by atoms with E-state index >= 15 is 0 Å². The molecule has 0 aliphatic heterocycles. The van der Waals surface area contributed by atoms with Crippen LogP contribution in [0.1, 0.15) is 32.1 Å². The Morgan fingerprint density at radius 2 is 2.14 bits per heavy atom. The highest BCUT2D eigenvalue weighted by Gasteiger charge is 2.41. The predicted molar refractivity (Wildman–Crippen MR) is 51.4 cm³/mol. The second-order valence-corrected chi connectivity index (χ2v) is 3.71. The van der Waals surface area contributed by atoms with Crippen molar-refractivity contribution in [2.24, 2.45) is 21.6 Å². The summed E-state index contributed by atoms with van der Waals surface area (Å²) in [5.74, 6) is 4.80. The van der Waals surface area contributed by atoms with Gasteiger partial charge in [0.2, 0.25) is 0 Å². The van der Waals surface area contributed by atoms with Crippen molar-refractivity contribution < 1.29 is 9.53 Å². The van der Waals surface area contributed by atoms with Crippen LogP contribution in [0.15, 0.2) is 10.3 Å². The summed E-state index contributed by atoms with van der Waals surface area (Å²) < 4.78 is 4.83. The number of nitrogens with two attached hydrogens (primary N) is 1. The standard InChI is InChI=1S/C9H17N3O2/c1-14-8(13)9(4-2-3-5-9)6-7-11-12-10/h2-7H2,1H3,(H2,10,11). The number of rotatable bonds is 4. The molecule has 0 aromatic rings. The Bertz CT molecular complexity index is 222. The molecule has 1 rings (SSSR count). The molecule has 0 amide bonds. The Hall–Kier alpha value is -1.13. The quantitative estimate of drug-likeness (QED) is 0.322. The first kappa shape index (κ1) is 10.9. The van der Waals surface area contributed by atoms with Gasteiger partial charge in [0, 0.05) is 0 Å². The van der Waals surface area contributed by atoms with Crippen LogP contribution in [0.2, 0.25) is 0 Å². The molecular weight excluding hydrogens is 182 g/mol. The second-order valence-electron chi connectivity index (χ2n) is 3.71. The van der Waals surface area contributed by atoms with Gasteiger partial charge in [-0.2, -0.15) is 5.11 Å². The van der Waals surface area contributed by atoms with Crippen molar-refractivity contribution in [2.45, 2.75) is 32.1 Å². The van der Waals surface area contributed by atoms with Gasteiger partial charge in [0.05, 0.1) is 19.1 Å². The van der Waals surface area contributed by atoms with E-state index in [1.54, 1.807) is 0 Å². The highest BCUT2D eigenvalue weighted by molar-refractivity contribution is 5.77. The normalized spacial score (nSPS) is 20.1. The summed E-state index contributed by atoms with van der Waals surface area (Å²) in [6, 6.07) is 0. The Balaban J connectivity index is 2.57. The summed E-state index contributed by atoms with van der Waals surface area (Å²) in [4.78, 5) is 11.6. The molecule has 0 heterocycles. The third-order valence-corrected chi connectivity index (χ3v) is 2.95. The number of nitrogens with zero attached hydrogens (tertiary/aromatic N) is 2. The van der Waals surface area contributed by atoms with Crippen molar-refractivity contribution in [3.63, 3.8) is 0 Å². The number of hydrogen-bond acceptors (Lipinski definition) is 4. The SMILES string of the molecule is COC(=O)C1(CCN=NN)CCCC1. The van der Waals surface area contributed by atoms with Crippen molar-refractivity contribution in [3.8, 4) is 0 Å². The zero-order valence-electron chi connectivity index (χ0n) is 8.53. The number of ether oxygens (including phenoxy) is 1. The van der Waals surface area contributed by atoms with Gasteiger partial charge in [0.15, 0.2) is 0 Å². The molecule has 0 atom stereocenters. The van der Waals surface area contributed by atoms with Crippen LogP contribution in [0.5, 0.6) is 0 Å². The van der Waals surface area contributed by atoms with E-state index in [4.69, 9.17) is 10.6 Å². The highest BCUT2D eigenvalue weighted by atomic mass is 16.5. The lowest BCUT2D eigenvalue weighted by Crippen LogP contribution is -2.30. The first-order valence-electron chi connectivity index (χ1n) is 4.90. The van der Waals surface area contributed by atoms with E-state index in [-0.39, 0.29) is 11.4 Å². The molecule has 1 aliphatic rings. The lowest BCUT2D eigenvalue weighted by atomic mass is 9.83. The van der Waals surface area contributed by atoms with Gasteiger partial charge in [-0.15, -0.1) is 0 Å². The van der Waals surface area contributed by atoms with Crippen molar-refractivity contribution in [2.75, 3.05) is 13.7 Å². The molecule has 0 saturated heterocycles. The van der Waals surface area contributed by atoms with Gasteiger partial charge in [0.25, 0.3) is 0 Å². The Morgan fingerprint density at radius 1 is 1.50 bits per heavy atom. The maximum Gasteiger partial charge on any atom is 0.311 e. The van der Waals surface area contributed by atoms with Gasteiger partial charge < -0.3 is 10.6 Å². The van der Waals surface area contributed by atoms with Crippen LogP contribution in [0, 0.1) is 5.41 Å². The topological polar surface area (TPSA) is 77.0 Å². The Kier molecular flexibility index (Phi) is 3.85. The van der Waals surface area contributed by atoms with Crippen LogP contribution in [-0.4, -0.2) is 19.6 Å². The van der Waals surface area contributed by atoms with Crippen LogP contribution < -0.4 is 5.84 Å². The van der Waals surface area contributed by atoms with Crippen LogP contribution in [0.4, 0.5) is 0 Å². The lowest BCUT2D eigenvalue weighted by molar-refractivity contribution is -0.152. The van der Waals surface area contributed by atoms with Gasteiger partial charge in [-0.25, -0.2) is 0 Å². The van der Waals surface area contributed by atoms with Gasteiger partial charge in [-0.05, 0) is 19.3 Å². The third-order valence-electron chi connectivity index (χ3n) is 2.95. The summed E-state index contributed by atoms with van der Waals surface area (Å²) in [6.07, 6.45) is 4.68. The first-order valence-corrected chi connectivity index (χ1v) is 4.90. The molecule has 5 heteroatoms. The van der Waals surface area contributed by atoms with Crippen LogP contribution >= 0.6 is 0 Å². The maximum absolute atomic E-state index is 11.6. The van der Waals surface area contributed by atoms with E-state index in [0.29, 0.717) is 13.0 Å². The van der Waals surface area contributed by atoms with Crippen LogP contribution in [0.3, 0.4) is 0 Å². The number of carbonyl (C=O) groups excluding carboxylic acids is 1. The fourth-order valence-electron chi connectivity index (χ4n) is 2.15. The van der Waals surface area contributed by atoms with Gasteiger partial charge in [0.1, 0.15) is 0 Å². The monoisotopic (exact) mass is 199 g/mol. The zero-order chi connectivity index (χ0) is 10.4. The van der Waals surface area contributed by atoms with Gasteiger partial charge in [-0.3, -0.25) is 4.79 Å². The molecule has 0 aromatic carbocycles. The fourth-order valence-corrected chi connectivity index (χ4v) is 2.15. The molecule has 1 saturated carbocycles. The number of esters is 1. The molecule has 0 aromatic heterocycles. The minimum atomic E-state index is -0.317. The highest BCUT2D eigenvalue weighted by Crippen LogP contribution is 2.42. The van der Waals surface area contributed by atoms with Crippen molar-refractivity contribution in [1.29, 1.82) is 0 Å². The molecule has 80 valence electrons. The largest absolute Gasteiger partial charge is 0.469 e. The van der Waals surface area contributed by atoms with E-state index in [1.165, 1.54) is 7.11 Å². The van der Waals surface area contributed by atoms with Crippen molar-refractivity contribution in [3.05, 3.63) is 0 Å². The van der Waals surface area contributed by atoms with E-state index in [1.807, 2.05) is 0 Å². The number of methoxy groups -OCH3 is 1. The molecule has 0 spiro atoms. The smallest absolute Gasteiger partial charge is 0.311 e. The van der Waals surface area contributed by atoms with Crippen LogP contribution in [0.25, 0.3) is 0 Å². The minimum absolute atomic E-state index is 0.109. The minimum Gasteiger partial charge on any atom is -0.469 e. The molecule has 1 aliphatic carbocycles. The lowest BCUT2D eigenvalue weighted by Gasteiger charge is -2.24. The van der Waals surface area contributed by atoms with E-state index in [0.717, 1.165) is 25.7 Å². The number of hydrogen-bond donors (Lipinski definition) is 1. The summed E-state index contributed by atoms with van der Waals surface area (Å²) in [7, 11) is 1.44. The summed E-state index contributed by atoms with van der Waals surface area (Å²) in [5.41, 5.74) is -0.317. The van der Waals surface area contributed by atoms with Crippen LogP contribution in [-0.2, 0) is 9.53 Å². The van der Waals surface area contributed by atoms with Crippen molar-refractivity contribution >= 4 is 5.97 Å². The molecule has 14 heavy (non-hydrogen) atoms. The van der Waals surface area contributed by atoms with E-state index in [9.17, 15) is 4.79 Å². The molecule has 0 bridgehead atoms. The Labute approximate surface area is 83.7 Å². The predicted octanol–water partition coefficient (Wildman–Crippen LogP) is 1.44. The molecule has 0 unspecified atom stereocenters. The van der Waals surface area contributed by atoms with E-state index in [2.05, 4.69) is 10.3 Å². The molecule has 2 N–H and O–H groups in total. The maximum atomic E-state index is 11.6. The number of carbonyl (C=O) groups is 1. The average Bonchev–Trinajstić information content (AvgIpc) is 2.67. The fraction of sp³-hybridized carbons (Fsp3) is 0.889. The summed E-state index contributed by atoms with van der Waals surface area (Å²) in [5, 5.41) is 6.88. The molecule has 1 fully saturated rings. The van der Waals surface area contributed by atoms with Gasteiger partial charge in [-0.1, -0.05) is 18.1 Å². The molecular formula is C9H17N3O2. The first-order chi connectivity index (χ1) is 6.75. The summed E-state index contributed by atoms with van der Waals surface area (Å²) in [6.45, 7) is 0.506. The van der Waals surface area contributed by atoms with Gasteiger partial charge >= 0.3 is 5.97 Å². The molecule has 5 nitrogen and oxygen atoms in total. The van der Waals surface area contributed by atoms with Crippen molar-refractivity contribution in [1.82, 2.24) is 0 Å². The molecule has 0 radical (unpaired) electrons. The summed E-state index contributed by atoms with van der Waals surface area (Å²) >= 11 is 0. The Morgan fingerprint density at radius 3 is 2.64 bits per heavy atom. The average molecular weight is 199 g/mol. The third kappa shape index (κ3) is 2.21. The zero-order valence-corrected chi connectivity index (χ0v) is 8.53.